The topological polar surface area (TPSA) is 54.9 Å². The fourth-order valence-electron chi connectivity index (χ4n) is 1.50. The van der Waals surface area contributed by atoms with Gasteiger partial charge in [0.05, 0.1) is 18.1 Å². The molecule has 5 nitrogen and oxygen atoms in total. The number of nitrogens with zero attached hydrogens (tertiary/aromatic N) is 2. The lowest BCUT2D eigenvalue weighted by Gasteiger charge is -2.12. The maximum absolute atomic E-state index is 5.36. The molecule has 0 spiro atoms. The Bertz CT molecular complexity index is 610. The number of benzene rings is 1. The summed E-state index contributed by atoms with van der Waals surface area (Å²) in [4.78, 5) is 0. The number of methoxy groups -OCH3 is 1. The molecule has 2 aromatic rings. The normalized spacial score (nSPS) is 10.4. The number of H-pyrrole nitrogens is 1. The van der Waals surface area contributed by atoms with Crippen LogP contribution in [0, 0.1) is 4.77 Å². The number of ether oxygens (including phenoxy) is 1. The molecule has 0 saturated heterocycles. The Kier molecular flexibility index (Phi) is 4.41. The molecule has 0 radical (unpaired) electrons. The van der Waals surface area contributed by atoms with E-state index in [2.05, 4.69) is 47.5 Å². The van der Waals surface area contributed by atoms with E-state index in [9.17, 15) is 0 Å². The van der Waals surface area contributed by atoms with Crippen LogP contribution in [0.25, 0.3) is 0 Å². The van der Waals surface area contributed by atoms with Crippen molar-refractivity contribution in [2.75, 3.05) is 12.5 Å². The number of aromatic nitrogens is 3. The maximum atomic E-state index is 5.36. The fraction of sp³-hybridized carbons (Fsp3) is 0.200. The lowest BCUT2D eigenvalue weighted by atomic mass is 10.2. The van der Waals surface area contributed by atoms with Gasteiger partial charge in [-0.15, -0.1) is 0 Å². The van der Waals surface area contributed by atoms with E-state index < -0.39 is 0 Å². The van der Waals surface area contributed by atoms with Crippen molar-refractivity contribution in [3.8, 4) is 5.75 Å². The lowest BCUT2D eigenvalue weighted by molar-refractivity contribution is 0.407. The van der Waals surface area contributed by atoms with Crippen LogP contribution in [-0.2, 0) is 6.54 Å². The average molecular weight is 394 g/mol. The van der Waals surface area contributed by atoms with Crippen LogP contribution in [0.5, 0.6) is 5.75 Å². The molecule has 8 heteroatoms. The third-order valence-electron chi connectivity index (χ3n) is 2.28. The Labute approximate surface area is 126 Å². The van der Waals surface area contributed by atoms with Gasteiger partial charge < -0.3 is 10.2 Å². The van der Waals surface area contributed by atoms with Crippen LogP contribution in [0.1, 0.15) is 5.56 Å². The zero-order chi connectivity index (χ0) is 13.1. The fourth-order valence-corrected chi connectivity index (χ4v) is 3.14. The molecular weight excluding hydrogens is 384 g/mol. The second-order valence-electron chi connectivity index (χ2n) is 3.45. The van der Waals surface area contributed by atoms with Crippen molar-refractivity contribution >= 4 is 44.1 Å². The summed E-state index contributed by atoms with van der Waals surface area (Å²) in [5.74, 6) is 0.792. The average Bonchev–Trinajstić information content (AvgIpc) is 2.71. The zero-order valence-electron chi connectivity index (χ0n) is 9.41. The zero-order valence-corrected chi connectivity index (χ0v) is 13.4. The van der Waals surface area contributed by atoms with E-state index in [-0.39, 0.29) is 0 Å². The summed E-state index contributed by atoms with van der Waals surface area (Å²) in [6.45, 7) is 0.565. The van der Waals surface area contributed by atoms with E-state index in [0.717, 1.165) is 20.3 Å². The number of rotatable bonds is 4. The first-order valence-electron chi connectivity index (χ1n) is 4.99. The van der Waals surface area contributed by atoms with Crippen molar-refractivity contribution in [3.63, 3.8) is 0 Å². The highest BCUT2D eigenvalue weighted by atomic mass is 79.9. The molecule has 1 heterocycles. The first kappa shape index (κ1) is 13.6. The van der Waals surface area contributed by atoms with Crippen molar-refractivity contribution in [1.29, 1.82) is 0 Å². The summed E-state index contributed by atoms with van der Waals surface area (Å²) in [5, 5.41) is 6.50. The smallest absolute Gasteiger partial charge is 0.214 e. The van der Waals surface area contributed by atoms with Crippen molar-refractivity contribution in [3.05, 3.63) is 37.7 Å². The van der Waals surface area contributed by atoms with Gasteiger partial charge in [0.25, 0.3) is 0 Å². The highest BCUT2D eigenvalue weighted by molar-refractivity contribution is 9.11. The Balaban J connectivity index is 2.23. The molecule has 0 bridgehead atoms. The number of hydrogen-bond donors (Lipinski definition) is 2. The molecule has 0 aliphatic rings. The molecule has 96 valence electrons. The first-order valence-corrected chi connectivity index (χ1v) is 6.99. The van der Waals surface area contributed by atoms with Crippen LogP contribution in [-0.4, -0.2) is 22.0 Å². The third kappa shape index (κ3) is 2.93. The molecule has 18 heavy (non-hydrogen) atoms. The molecule has 1 aromatic heterocycles. The summed E-state index contributed by atoms with van der Waals surface area (Å²) in [6, 6.07) is 3.92. The third-order valence-corrected chi connectivity index (χ3v) is 3.62. The molecule has 0 fully saturated rings. The minimum Gasteiger partial charge on any atom is -0.495 e. The van der Waals surface area contributed by atoms with Gasteiger partial charge in [-0.3, -0.25) is 5.10 Å². The molecule has 2 rings (SSSR count). The molecule has 0 aliphatic heterocycles. The SMILES string of the molecule is COc1c(Br)cc(Br)cc1CNn1cn[nH]c1=S. The summed E-state index contributed by atoms with van der Waals surface area (Å²) >= 11 is 12.0. The van der Waals surface area contributed by atoms with Crippen LogP contribution < -0.4 is 10.2 Å². The maximum Gasteiger partial charge on any atom is 0.214 e. The molecule has 1 aromatic carbocycles. The van der Waals surface area contributed by atoms with E-state index in [4.69, 9.17) is 17.0 Å². The Morgan fingerprint density at radius 2 is 2.28 bits per heavy atom. The van der Waals surface area contributed by atoms with Gasteiger partial charge >= 0.3 is 0 Å². The second-order valence-corrected chi connectivity index (χ2v) is 5.60. The van der Waals surface area contributed by atoms with Gasteiger partial charge in [-0.05, 0) is 40.3 Å². The summed E-state index contributed by atoms with van der Waals surface area (Å²) in [6.07, 6.45) is 1.59. The minimum atomic E-state index is 0.517. The van der Waals surface area contributed by atoms with Gasteiger partial charge in [-0.1, -0.05) is 15.9 Å². The lowest BCUT2D eigenvalue weighted by Crippen LogP contribution is -2.14. The van der Waals surface area contributed by atoms with Gasteiger partial charge in [0.2, 0.25) is 4.77 Å². The molecule has 2 N–H and O–H groups in total. The molecule has 0 saturated carbocycles. The predicted octanol–water partition coefficient (Wildman–Crippen LogP) is 3.22. The van der Waals surface area contributed by atoms with Gasteiger partial charge in [-0.25, -0.2) is 4.68 Å². The van der Waals surface area contributed by atoms with Crippen molar-refractivity contribution in [2.24, 2.45) is 0 Å². The molecule has 0 amide bonds. The number of halogens is 2. The Hall–Kier alpha value is -0.860. The number of aromatic amines is 1. The van der Waals surface area contributed by atoms with Crippen LogP contribution >= 0.6 is 44.1 Å². The monoisotopic (exact) mass is 392 g/mol. The summed E-state index contributed by atoms with van der Waals surface area (Å²) in [5.41, 5.74) is 4.14. The summed E-state index contributed by atoms with van der Waals surface area (Å²) < 4.78 is 9.39. The highest BCUT2D eigenvalue weighted by Crippen LogP contribution is 2.32. The largest absolute Gasteiger partial charge is 0.495 e. The first-order chi connectivity index (χ1) is 8.61. The Morgan fingerprint density at radius 3 is 2.89 bits per heavy atom. The minimum absolute atomic E-state index is 0.517. The quantitative estimate of drug-likeness (QED) is 0.783. The van der Waals surface area contributed by atoms with Crippen molar-refractivity contribution in [2.45, 2.75) is 6.54 Å². The predicted molar refractivity (Wildman–Crippen MR) is 78.9 cm³/mol. The Morgan fingerprint density at radius 1 is 1.50 bits per heavy atom. The van der Waals surface area contributed by atoms with Crippen molar-refractivity contribution < 1.29 is 4.74 Å². The second kappa shape index (κ2) is 5.85. The van der Waals surface area contributed by atoms with Gasteiger partial charge in [-0.2, -0.15) is 5.10 Å². The highest BCUT2D eigenvalue weighted by Gasteiger charge is 2.09. The van der Waals surface area contributed by atoms with E-state index >= 15 is 0 Å². The standard InChI is InChI=1S/C10H10Br2N4OS/c1-17-9-6(2-7(11)3-8(9)12)4-14-16-5-13-15-10(16)18/h2-3,5,14H,4H2,1H3,(H,15,18). The van der Waals surface area contributed by atoms with E-state index in [1.165, 1.54) is 0 Å². The molecule has 0 aliphatic carbocycles. The molecule has 0 atom stereocenters. The molecular formula is C10H10Br2N4OS. The van der Waals surface area contributed by atoms with Crippen LogP contribution in [0.2, 0.25) is 0 Å². The van der Waals surface area contributed by atoms with Crippen LogP contribution in [0.3, 0.4) is 0 Å². The van der Waals surface area contributed by atoms with E-state index in [1.54, 1.807) is 18.1 Å². The van der Waals surface area contributed by atoms with E-state index in [1.807, 2.05) is 12.1 Å². The van der Waals surface area contributed by atoms with Crippen molar-refractivity contribution in [1.82, 2.24) is 14.9 Å². The van der Waals surface area contributed by atoms with Gasteiger partial charge in [0, 0.05) is 10.0 Å². The molecule has 0 unspecified atom stereocenters. The summed E-state index contributed by atoms with van der Waals surface area (Å²) in [7, 11) is 1.64. The van der Waals surface area contributed by atoms with Gasteiger partial charge in [0.1, 0.15) is 12.1 Å². The van der Waals surface area contributed by atoms with Gasteiger partial charge in [0.15, 0.2) is 0 Å². The van der Waals surface area contributed by atoms with Crippen LogP contribution in [0.4, 0.5) is 0 Å². The van der Waals surface area contributed by atoms with Crippen LogP contribution in [0.15, 0.2) is 27.4 Å². The number of hydrogen-bond acceptors (Lipinski definition) is 4. The van der Waals surface area contributed by atoms with E-state index in [0.29, 0.717) is 11.3 Å². The number of nitrogens with one attached hydrogen (secondary N) is 2.